The molecule has 19 heavy (non-hydrogen) atoms. The van der Waals surface area contributed by atoms with E-state index >= 15 is 0 Å². The molecule has 0 heterocycles. The van der Waals surface area contributed by atoms with Crippen LogP contribution in [-0.2, 0) is 0 Å². The maximum atomic E-state index is 13.1. The largest absolute Gasteiger partial charge is 0.456 e. The van der Waals surface area contributed by atoms with Gasteiger partial charge in [0.15, 0.2) is 0 Å². The van der Waals surface area contributed by atoms with Crippen LogP contribution >= 0.6 is 23.4 Å². The molecule has 2 nitrogen and oxygen atoms in total. The summed E-state index contributed by atoms with van der Waals surface area (Å²) in [6.45, 7) is 0. The molecule has 0 N–H and O–H groups in total. The highest BCUT2D eigenvalue weighted by Gasteiger charge is 2.10. The molecule has 2 aromatic carbocycles. The first-order valence-electron chi connectivity index (χ1n) is 5.35. The summed E-state index contributed by atoms with van der Waals surface area (Å²) >= 11 is 7.15. The van der Waals surface area contributed by atoms with Crippen LogP contribution in [0, 0.1) is 17.1 Å². The molecule has 96 valence electrons. The number of rotatable bonds is 3. The van der Waals surface area contributed by atoms with Gasteiger partial charge >= 0.3 is 0 Å². The molecule has 0 aromatic heterocycles. The fourth-order valence-electron chi connectivity index (χ4n) is 1.54. The molecule has 0 fully saturated rings. The second kappa shape index (κ2) is 5.96. The van der Waals surface area contributed by atoms with Crippen LogP contribution in [0.25, 0.3) is 0 Å². The number of ether oxygens (including phenoxy) is 1. The van der Waals surface area contributed by atoms with Gasteiger partial charge in [-0.15, -0.1) is 11.8 Å². The van der Waals surface area contributed by atoms with Crippen LogP contribution in [-0.4, -0.2) is 6.26 Å². The zero-order chi connectivity index (χ0) is 13.8. The minimum atomic E-state index is -0.507. The van der Waals surface area contributed by atoms with Crippen molar-refractivity contribution in [3.8, 4) is 17.6 Å². The number of nitriles is 1. The molecule has 0 saturated heterocycles. The molecule has 0 amide bonds. The molecule has 0 aliphatic heterocycles. The molecular weight excluding hydrogens is 285 g/mol. The molecule has 0 bridgehead atoms. The molecule has 2 aromatic rings. The van der Waals surface area contributed by atoms with E-state index in [2.05, 4.69) is 6.07 Å². The molecule has 0 atom stereocenters. The Balaban J connectivity index is 2.38. The fraction of sp³-hybridized carbons (Fsp3) is 0.0714. The Labute approximate surface area is 119 Å². The maximum absolute atomic E-state index is 13.1. The molecule has 2 rings (SSSR count). The number of benzene rings is 2. The van der Waals surface area contributed by atoms with Gasteiger partial charge in [-0.05, 0) is 30.5 Å². The van der Waals surface area contributed by atoms with Crippen molar-refractivity contribution in [3.05, 3.63) is 52.8 Å². The Morgan fingerprint density at radius 2 is 2.11 bits per heavy atom. The quantitative estimate of drug-likeness (QED) is 0.757. The van der Waals surface area contributed by atoms with Crippen LogP contribution in [0.15, 0.2) is 41.3 Å². The minimum Gasteiger partial charge on any atom is -0.456 e. The van der Waals surface area contributed by atoms with Gasteiger partial charge in [-0.3, -0.25) is 0 Å². The van der Waals surface area contributed by atoms with Crippen LogP contribution in [0.2, 0.25) is 5.02 Å². The van der Waals surface area contributed by atoms with Crippen molar-refractivity contribution < 1.29 is 9.13 Å². The van der Waals surface area contributed by atoms with Crippen molar-refractivity contribution >= 4 is 23.4 Å². The fourth-order valence-corrected chi connectivity index (χ4v) is 2.28. The van der Waals surface area contributed by atoms with Crippen molar-refractivity contribution in [1.29, 1.82) is 5.26 Å². The molecule has 0 radical (unpaired) electrons. The first kappa shape index (κ1) is 13.7. The van der Waals surface area contributed by atoms with Gasteiger partial charge in [0, 0.05) is 11.0 Å². The molecule has 5 heteroatoms. The Bertz CT molecular complexity index is 654. The van der Waals surface area contributed by atoms with Crippen LogP contribution in [0.5, 0.6) is 11.5 Å². The van der Waals surface area contributed by atoms with E-state index in [0.29, 0.717) is 17.1 Å². The lowest BCUT2D eigenvalue weighted by Crippen LogP contribution is -1.91. The van der Waals surface area contributed by atoms with Gasteiger partial charge in [-0.2, -0.15) is 5.26 Å². The van der Waals surface area contributed by atoms with Crippen molar-refractivity contribution in [3.63, 3.8) is 0 Å². The van der Waals surface area contributed by atoms with Crippen LogP contribution < -0.4 is 4.74 Å². The molecule has 0 saturated carbocycles. The summed E-state index contributed by atoms with van der Waals surface area (Å²) in [4.78, 5) is 0.827. The van der Waals surface area contributed by atoms with E-state index in [1.807, 2.05) is 12.3 Å². The predicted octanol–water partition coefficient (Wildman–Crippen LogP) is 4.86. The third-order valence-corrected chi connectivity index (χ3v) is 3.51. The Morgan fingerprint density at radius 3 is 2.74 bits per heavy atom. The van der Waals surface area contributed by atoms with E-state index in [1.54, 1.807) is 12.1 Å². The normalized spacial score (nSPS) is 10.0. The number of halogens is 2. The zero-order valence-corrected chi connectivity index (χ0v) is 11.6. The summed E-state index contributed by atoms with van der Waals surface area (Å²) in [5, 5.41) is 9.16. The summed E-state index contributed by atoms with van der Waals surface area (Å²) in [7, 11) is 0. The number of hydrogen-bond acceptors (Lipinski definition) is 3. The van der Waals surface area contributed by atoms with Crippen LogP contribution in [0.4, 0.5) is 4.39 Å². The first-order chi connectivity index (χ1) is 9.15. The lowest BCUT2D eigenvalue weighted by molar-refractivity contribution is 0.477. The van der Waals surface area contributed by atoms with Crippen molar-refractivity contribution in [1.82, 2.24) is 0 Å². The highest BCUT2D eigenvalue weighted by Crippen LogP contribution is 2.32. The monoisotopic (exact) mass is 293 g/mol. The topological polar surface area (TPSA) is 33.0 Å². The van der Waals surface area contributed by atoms with Gasteiger partial charge in [0.2, 0.25) is 0 Å². The second-order valence-electron chi connectivity index (χ2n) is 3.62. The first-order valence-corrected chi connectivity index (χ1v) is 6.96. The predicted molar refractivity (Wildman–Crippen MR) is 74.4 cm³/mol. The van der Waals surface area contributed by atoms with Gasteiger partial charge in [-0.25, -0.2) is 4.39 Å². The van der Waals surface area contributed by atoms with Crippen LogP contribution in [0.3, 0.4) is 0 Å². The SMILES string of the molecule is CSc1cccc(Oc2ccc(F)c(Cl)c2)c1C#N. The molecular formula is C14H9ClFNOS. The van der Waals surface area contributed by atoms with Gasteiger partial charge < -0.3 is 4.74 Å². The smallest absolute Gasteiger partial charge is 0.146 e. The van der Waals surface area contributed by atoms with E-state index in [4.69, 9.17) is 16.3 Å². The second-order valence-corrected chi connectivity index (χ2v) is 4.88. The van der Waals surface area contributed by atoms with Gasteiger partial charge in [0.25, 0.3) is 0 Å². The lowest BCUT2D eigenvalue weighted by atomic mass is 10.2. The Kier molecular flexibility index (Phi) is 4.31. The van der Waals surface area contributed by atoms with Crippen LogP contribution in [0.1, 0.15) is 5.56 Å². The average Bonchev–Trinajstić information content (AvgIpc) is 2.42. The molecule has 0 aliphatic carbocycles. The standard InChI is InChI=1S/C14H9ClFNOS/c1-19-14-4-2-3-13(10(14)8-17)18-9-5-6-12(16)11(15)7-9/h2-7H,1H3. The Hall–Kier alpha value is -1.70. The number of thioether (sulfide) groups is 1. The summed E-state index contributed by atoms with van der Waals surface area (Å²) in [5.74, 6) is 0.311. The van der Waals surface area contributed by atoms with Crippen molar-refractivity contribution in [2.75, 3.05) is 6.26 Å². The van der Waals surface area contributed by atoms with E-state index in [1.165, 1.54) is 30.0 Å². The highest BCUT2D eigenvalue weighted by molar-refractivity contribution is 7.98. The lowest BCUT2D eigenvalue weighted by Gasteiger charge is -2.10. The summed E-state index contributed by atoms with van der Waals surface area (Å²) in [6, 6.07) is 11.5. The maximum Gasteiger partial charge on any atom is 0.146 e. The van der Waals surface area contributed by atoms with Crippen molar-refractivity contribution in [2.45, 2.75) is 4.90 Å². The highest BCUT2D eigenvalue weighted by atomic mass is 35.5. The van der Waals surface area contributed by atoms with E-state index < -0.39 is 5.82 Å². The van der Waals surface area contributed by atoms with Crippen molar-refractivity contribution in [2.24, 2.45) is 0 Å². The number of nitrogens with zero attached hydrogens (tertiary/aromatic N) is 1. The molecule has 0 unspecified atom stereocenters. The molecule has 0 aliphatic rings. The van der Waals surface area contributed by atoms with Gasteiger partial charge in [0.1, 0.15) is 28.9 Å². The van der Waals surface area contributed by atoms with E-state index in [-0.39, 0.29) is 5.02 Å². The Morgan fingerprint density at radius 1 is 1.32 bits per heavy atom. The van der Waals surface area contributed by atoms with E-state index in [0.717, 1.165) is 4.90 Å². The third-order valence-electron chi connectivity index (χ3n) is 2.44. The molecule has 0 spiro atoms. The summed E-state index contributed by atoms with van der Waals surface area (Å²) in [5.41, 5.74) is 0.454. The summed E-state index contributed by atoms with van der Waals surface area (Å²) in [6.07, 6.45) is 1.88. The average molecular weight is 294 g/mol. The van der Waals surface area contributed by atoms with E-state index in [9.17, 15) is 9.65 Å². The summed E-state index contributed by atoms with van der Waals surface area (Å²) < 4.78 is 18.7. The van der Waals surface area contributed by atoms with Gasteiger partial charge in [-0.1, -0.05) is 17.7 Å². The number of hydrogen-bond donors (Lipinski definition) is 0. The zero-order valence-electron chi connectivity index (χ0n) is 9.98. The van der Waals surface area contributed by atoms with Gasteiger partial charge in [0.05, 0.1) is 5.02 Å². The minimum absolute atomic E-state index is 0.0166. The third kappa shape index (κ3) is 3.01.